The Kier molecular flexibility index (Phi) is 5.54. The van der Waals surface area contributed by atoms with E-state index in [-0.39, 0.29) is 18.2 Å². The predicted octanol–water partition coefficient (Wildman–Crippen LogP) is 5.09. The lowest BCUT2D eigenvalue weighted by atomic mass is 9.99. The number of aromatic hydroxyl groups is 1. The molecule has 27 heavy (non-hydrogen) atoms. The monoisotopic (exact) mass is 365 g/mol. The number of benzene rings is 2. The smallest absolute Gasteiger partial charge is 0.302 e. The van der Waals surface area contributed by atoms with Gasteiger partial charge in [-0.1, -0.05) is 44.2 Å². The van der Waals surface area contributed by atoms with E-state index < -0.39 is 5.91 Å². The van der Waals surface area contributed by atoms with Crippen LogP contribution in [0, 0.1) is 0 Å². The van der Waals surface area contributed by atoms with Crippen molar-refractivity contribution in [3.05, 3.63) is 54.1 Å². The Morgan fingerprint density at radius 3 is 2.59 bits per heavy atom. The lowest BCUT2D eigenvalue weighted by Gasteiger charge is -2.09. The number of carbonyl (C=O) groups excluding carboxylic acids is 1. The number of nitrogens with zero attached hydrogens (tertiary/aromatic N) is 3. The number of azo groups is 1. The highest BCUT2D eigenvalue weighted by molar-refractivity contribution is 5.95. The highest BCUT2D eigenvalue weighted by atomic mass is 16.5. The van der Waals surface area contributed by atoms with Crippen molar-refractivity contribution in [2.24, 2.45) is 17.3 Å². The summed E-state index contributed by atoms with van der Waals surface area (Å²) in [5, 5.41) is 18.6. The van der Waals surface area contributed by atoms with Crippen LogP contribution in [0.5, 0.6) is 11.6 Å². The number of amides is 1. The summed E-state index contributed by atoms with van der Waals surface area (Å²) in [5.41, 5.74) is 2.33. The zero-order chi connectivity index (χ0) is 19.4. The Bertz CT molecular complexity index is 974. The molecule has 1 atom stereocenters. The van der Waals surface area contributed by atoms with E-state index in [0.29, 0.717) is 11.7 Å². The molecule has 1 amide bonds. The number of hydrogen-bond donors (Lipinski definition) is 1. The van der Waals surface area contributed by atoms with E-state index in [2.05, 4.69) is 24.1 Å². The average molecular weight is 365 g/mol. The first kappa shape index (κ1) is 18.6. The van der Waals surface area contributed by atoms with Crippen LogP contribution in [0.4, 0.5) is 5.69 Å². The largest absolute Gasteiger partial charge is 0.493 e. The third-order valence-corrected chi connectivity index (χ3v) is 4.74. The van der Waals surface area contributed by atoms with Gasteiger partial charge in [-0.05, 0) is 36.1 Å². The summed E-state index contributed by atoms with van der Waals surface area (Å²) in [7, 11) is 1.73. The van der Waals surface area contributed by atoms with Gasteiger partial charge in [0.05, 0.1) is 5.52 Å². The zero-order valence-corrected chi connectivity index (χ0v) is 15.7. The fraction of sp³-hybridized carbons (Fsp3) is 0.286. The molecule has 1 unspecified atom stereocenters. The van der Waals surface area contributed by atoms with Gasteiger partial charge in [-0.3, -0.25) is 4.79 Å². The molecule has 0 saturated carbocycles. The standard InChI is InChI=1S/C21H23N3O3/c1-4-14(2)15-9-11-16(12-10-15)27-13-19(25)22-23-20-17-7-5-6-8-18(17)24(3)21(20)26/h5-12,14,26H,4,13H2,1-3H3. The first-order valence-corrected chi connectivity index (χ1v) is 8.95. The van der Waals surface area contributed by atoms with Crippen LogP contribution in [0.15, 0.2) is 58.8 Å². The maximum absolute atomic E-state index is 12.0. The zero-order valence-electron chi connectivity index (χ0n) is 15.7. The van der Waals surface area contributed by atoms with Gasteiger partial charge in [0.15, 0.2) is 12.3 Å². The van der Waals surface area contributed by atoms with E-state index >= 15 is 0 Å². The number of aryl methyl sites for hydroxylation is 1. The van der Waals surface area contributed by atoms with Crippen molar-refractivity contribution in [2.45, 2.75) is 26.2 Å². The topological polar surface area (TPSA) is 76.2 Å². The molecule has 0 fully saturated rings. The molecule has 1 N–H and O–H groups in total. The Morgan fingerprint density at radius 1 is 1.19 bits per heavy atom. The molecule has 1 aromatic heterocycles. The normalized spacial score (nSPS) is 12.6. The van der Waals surface area contributed by atoms with Gasteiger partial charge in [0, 0.05) is 12.4 Å². The van der Waals surface area contributed by atoms with Crippen LogP contribution in [0.25, 0.3) is 10.9 Å². The van der Waals surface area contributed by atoms with Crippen molar-refractivity contribution in [3.8, 4) is 11.6 Å². The summed E-state index contributed by atoms with van der Waals surface area (Å²) < 4.78 is 7.08. The number of aromatic nitrogens is 1. The molecule has 0 aliphatic heterocycles. The van der Waals surface area contributed by atoms with Gasteiger partial charge in [0.2, 0.25) is 5.88 Å². The second-order valence-corrected chi connectivity index (χ2v) is 6.51. The molecule has 0 bridgehead atoms. The Hall–Kier alpha value is -3.15. The van der Waals surface area contributed by atoms with E-state index in [0.717, 1.165) is 17.3 Å². The number of fused-ring (bicyclic) bond motifs is 1. The van der Waals surface area contributed by atoms with Gasteiger partial charge in [-0.15, -0.1) is 10.2 Å². The molecule has 3 aromatic rings. The number of ether oxygens (including phenoxy) is 1. The van der Waals surface area contributed by atoms with E-state index in [4.69, 9.17) is 4.74 Å². The van der Waals surface area contributed by atoms with Crippen LogP contribution < -0.4 is 4.74 Å². The van der Waals surface area contributed by atoms with Crippen LogP contribution in [0.1, 0.15) is 31.7 Å². The van der Waals surface area contributed by atoms with Gasteiger partial charge in [0.25, 0.3) is 0 Å². The van der Waals surface area contributed by atoms with Crippen molar-refractivity contribution in [3.63, 3.8) is 0 Å². The van der Waals surface area contributed by atoms with Gasteiger partial charge in [-0.25, -0.2) is 0 Å². The number of hydrogen-bond acceptors (Lipinski definition) is 4. The van der Waals surface area contributed by atoms with Crippen LogP contribution >= 0.6 is 0 Å². The minimum atomic E-state index is -0.520. The minimum Gasteiger partial charge on any atom is -0.493 e. The molecular formula is C21H23N3O3. The minimum absolute atomic E-state index is 0.0331. The van der Waals surface area contributed by atoms with Crippen molar-refractivity contribution in [1.29, 1.82) is 0 Å². The second kappa shape index (κ2) is 8.03. The van der Waals surface area contributed by atoms with Crippen molar-refractivity contribution < 1.29 is 14.6 Å². The maximum atomic E-state index is 12.0. The Labute approximate surface area is 158 Å². The second-order valence-electron chi connectivity index (χ2n) is 6.51. The number of para-hydroxylation sites is 1. The molecule has 0 spiro atoms. The summed E-state index contributed by atoms with van der Waals surface area (Å²) in [4.78, 5) is 12.0. The summed E-state index contributed by atoms with van der Waals surface area (Å²) in [6.45, 7) is 4.10. The third kappa shape index (κ3) is 4.00. The van der Waals surface area contributed by atoms with E-state index in [1.807, 2.05) is 48.5 Å². The average Bonchev–Trinajstić information content (AvgIpc) is 2.95. The molecule has 1 heterocycles. The molecule has 2 aromatic carbocycles. The van der Waals surface area contributed by atoms with Gasteiger partial charge in [0.1, 0.15) is 5.75 Å². The summed E-state index contributed by atoms with van der Waals surface area (Å²) in [6, 6.07) is 15.1. The summed E-state index contributed by atoms with van der Waals surface area (Å²) in [6.07, 6.45) is 1.07. The molecule has 0 aliphatic rings. The van der Waals surface area contributed by atoms with Gasteiger partial charge in [-0.2, -0.15) is 0 Å². The first-order chi connectivity index (χ1) is 13.0. The summed E-state index contributed by atoms with van der Waals surface area (Å²) in [5.74, 6) is 0.545. The molecule has 0 saturated heterocycles. The number of carbonyl (C=O) groups is 1. The van der Waals surface area contributed by atoms with Crippen LogP contribution in [0.3, 0.4) is 0 Å². The quantitative estimate of drug-likeness (QED) is 0.618. The maximum Gasteiger partial charge on any atom is 0.302 e. The molecule has 140 valence electrons. The third-order valence-electron chi connectivity index (χ3n) is 4.74. The Morgan fingerprint density at radius 2 is 1.89 bits per heavy atom. The van der Waals surface area contributed by atoms with E-state index in [1.54, 1.807) is 11.6 Å². The van der Waals surface area contributed by atoms with Crippen molar-refractivity contribution in [2.75, 3.05) is 6.61 Å². The lowest BCUT2D eigenvalue weighted by Crippen LogP contribution is -2.07. The number of rotatable bonds is 6. The molecule has 0 radical (unpaired) electrons. The van der Waals surface area contributed by atoms with E-state index in [1.165, 1.54) is 5.56 Å². The van der Waals surface area contributed by atoms with Crippen molar-refractivity contribution in [1.82, 2.24) is 4.57 Å². The fourth-order valence-corrected chi connectivity index (χ4v) is 2.87. The van der Waals surface area contributed by atoms with Crippen LogP contribution in [-0.2, 0) is 11.8 Å². The van der Waals surface area contributed by atoms with Crippen molar-refractivity contribution >= 4 is 22.5 Å². The van der Waals surface area contributed by atoms with Crippen LogP contribution in [0.2, 0.25) is 0 Å². The molecule has 0 aliphatic carbocycles. The van der Waals surface area contributed by atoms with Crippen LogP contribution in [-0.4, -0.2) is 22.2 Å². The van der Waals surface area contributed by atoms with E-state index in [9.17, 15) is 9.90 Å². The fourth-order valence-electron chi connectivity index (χ4n) is 2.87. The molecule has 6 nitrogen and oxygen atoms in total. The Balaban J connectivity index is 1.65. The predicted molar refractivity (Wildman–Crippen MR) is 105 cm³/mol. The SMILES string of the molecule is CCC(C)c1ccc(OCC(=O)N=Nc2c(O)n(C)c3ccccc23)cc1. The summed E-state index contributed by atoms with van der Waals surface area (Å²) >= 11 is 0. The lowest BCUT2D eigenvalue weighted by molar-refractivity contribution is -0.120. The molecular weight excluding hydrogens is 342 g/mol. The highest BCUT2D eigenvalue weighted by Gasteiger charge is 2.14. The first-order valence-electron chi connectivity index (χ1n) is 8.95. The van der Waals surface area contributed by atoms with Gasteiger partial charge >= 0.3 is 5.91 Å². The highest BCUT2D eigenvalue weighted by Crippen LogP contribution is 2.37. The molecule has 6 heteroatoms. The molecule has 3 rings (SSSR count). The van der Waals surface area contributed by atoms with Gasteiger partial charge < -0.3 is 14.4 Å².